The second kappa shape index (κ2) is 3.62. The van der Waals surface area contributed by atoms with Crippen LogP contribution in [0.4, 0.5) is 0 Å². The van der Waals surface area contributed by atoms with Gasteiger partial charge in [0.25, 0.3) is 0 Å². The van der Waals surface area contributed by atoms with Gasteiger partial charge in [0, 0.05) is 10.5 Å². The average Bonchev–Trinajstić information content (AvgIpc) is 2.70. The summed E-state index contributed by atoms with van der Waals surface area (Å²) >= 11 is 1.66. The lowest BCUT2D eigenvalue weighted by atomic mass is 10.2. The van der Waals surface area contributed by atoms with Gasteiger partial charge in [-0.2, -0.15) is 4.98 Å². The van der Waals surface area contributed by atoms with E-state index in [1.807, 2.05) is 30.5 Å². The molecule has 0 fully saturated rings. The van der Waals surface area contributed by atoms with Crippen LogP contribution < -0.4 is 0 Å². The molecule has 2 rings (SSSR count). The van der Waals surface area contributed by atoms with Gasteiger partial charge in [-0.15, -0.1) is 11.8 Å². The van der Waals surface area contributed by atoms with Crippen molar-refractivity contribution in [3.8, 4) is 11.4 Å². The van der Waals surface area contributed by atoms with Gasteiger partial charge in [0.05, 0.1) is 0 Å². The van der Waals surface area contributed by atoms with Gasteiger partial charge in [0.2, 0.25) is 5.82 Å². The maximum atomic E-state index is 4.57. The molecule has 0 aliphatic rings. The van der Waals surface area contributed by atoms with E-state index >= 15 is 0 Å². The molecule has 0 aliphatic carbocycles. The van der Waals surface area contributed by atoms with Gasteiger partial charge >= 0.3 is 6.39 Å². The van der Waals surface area contributed by atoms with E-state index in [4.69, 9.17) is 0 Å². The third-order valence-electron chi connectivity index (χ3n) is 1.67. The van der Waals surface area contributed by atoms with Crippen LogP contribution in [0.3, 0.4) is 0 Å². The van der Waals surface area contributed by atoms with Crippen LogP contribution in [0.15, 0.2) is 33.7 Å². The summed E-state index contributed by atoms with van der Waals surface area (Å²) in [6.07, 6.45) is 4.35. The Balaban J connectivity index is 2.51. The van der Waals surface area contributed by atoms with Gasteiger partial charge < -0.3 is 4.52 Å². The molecular weight excluding hydrogens is 184 g/mol. The summed E-state index contributed by atoms with van der Waals surface area (Å²) in [7, 11) is 0. The van der Waals surface area contributed by atoms with Crippen LogP contribution in [0.2, 0.25) is 0 Å². The first-order chi connectivity index (χ1) is 6.42. The van der Waals surface area contributed by atoms with Gasteiger partial charge in [-0.25, -0.2) is 0 Å². The first-order valence-corrected chi connectivity index (χ1v) is 4.97. The van der Waals surface area contributed by atoms with Crippen molar-refractivity contribution in [2.45, 2.75) is 4.90 Å². The second-order valence-corrected chi connectivity index (χ2v) is 3.26. The average molecular weight is 191 g/mol. The Morgan fingerprint density at radius 3 is 2.92 bits per heavy atom. The quantitative estimate of drug-likeness (QED) is 0.682. The van der Waals surface area contributed by atoms with Crippen LogP contribution >= 0.6 is 11.8 Å². The second-order valence-electron chi connectivity index (χ2n) is 2.41. The number of nitrogens with zero attached hydrogens (tertiary/aromatic N) is 2. The minimum Gasteiger partial charge on any atom is -0.328 e. The van der Waals surface area contributed by atoms with Gasteiger partial charge in [-0.05, 0) is 18.4 Å². The van der Waals surface area contributed by atoms with E-state index in [1.54, 1.807) is 11.8 Å². The smallest absolute Gasteiger partial charge is 0.316 e. The molecule has 13 heavy (non-hydrogen) atoms. The molecule has 0 atom stereocenters. The summed E-state index contributed by atoms with van der Waals surface area (Å²) in [5, 5.41) is 3.74. The SMILES string of the molecule is CSc1ccccc1-c1n[c]on1. The minimum atomic E-state index is 0.588. The molecule has 4 heteroatoms. The van der Waals surface area contributed by atoms with Crippen LogP contribution in [0, 0.1) is 6.39 Å². The molecule has 3 nitrogen and oxygen atoms in total. The van der Waals surface area contributed by atoms with Crippen molar-refractivity contribution >= 4 is 11.8 Å². The molecule has 0 saturated carbocycles. The Kier molecular flexibility index (Phi) is 2.31. The van der Waals surface area contributed by atoms with E-state index < -0.39 is 0 Å². The van der Waals surface area contributed by atoms with Crippen molar-refractivity contribution in [3.05, 3.63) is 30.7 Å². The first kappa shape index (κ1) is 8.31. The first-order valence-electron chi connectivity index (χ1n) is 3.75. The number of rotatable bonds is 2. The molecular formula is C9H7N2OS. The Bertz CT molecular complexity index is 386. The van der Waals surface area contributed by atoms with E-state index in [0.29, 0.717) is 5.82 Å². The molecule has 1 heterocycles. The van der Waals surface area contributed by atoms with Crippen LogP contribution in [-0.2, 0) is 0 Å². The minimum absolute atomic E-state index is 0.588. The summed E-state index contributed by atoms with van der Waals surface area (Å²) in [4.78, 5) is 5.02. The Hall–Kier alpha value is -1.29. The standard InChI is InChI=1S/C9H7N2OS/c1-13-8-5-3-2-4-7(8)9-10-6-12-11-9/h2-5H,1H3. The third-order valence-corrected chi connectivity index (χ3v) is 2.47. The van der Waals surface area contributed by atoms with Crippen LogP contribution in [-0.4, -0.2) is 16.4 Å². The molecule has 0 aliphatic heterocycles. The maximum absolute atomic E-state index is 4.57. The lowest BCUT2D eigenvalue weighted by molar-refractivity contribution is 0.411. The highest BCUT2D eigenvalue weighted by atomic mass is 32.2. The number of hydrogen-bond acceptors (Lipinski definition) is 4. The van der Waals surface area contributed by atoms with Crippen molar-refractivity contribution in [1.82, 2.24) is 10.1 Å². The molecule has 1 aromatic carbocycles. The number of aromatic nitrogens is 2. The maximum Gasteiger partial charge on any atom is 0.316 e. The van der Waals surface area contributed by atoms with Crippen molar-refractivity contribution in [2.75, 3.05) is 6.26 Å². The Morgan fingerprint density at radius 1 is 1.38 bits per heavy atom. The summed E-state index contributed by atoms with van der Waals surface area (Å²) in [6.45, 7) is 0. The van der Waals surface area contributed by atoms with Gasteiger partial charge in [0.1, 0.15) is 0 Å². The topological polar surface area (TPSA) is 38.9 Å². The molecule has 0 unspecified atom stereocenters. The molecule has 1 radical (unpaired) electrons. The molecule has 0 spiro atoms. The molecule has 2 aromatic rings. The van der Waals surface area contributed by atoms with Crippen LogP contribution in [0.25, 0.3) is 11.4 Å². The van der Waals surface area contributed by atoms with Gasteiger partial charge in [-0.3, -0.25) is 0 Å². The fourth-order valence-electron chi connectivity index (χ4n) is 1.09. The Labute approximate surface area is 80.2 Å². The number of thioether (sulfide) groups is 1. The predicted octanol–water partition coefficient (Wildman–Crippen LogP) is 2.26. The monoisotopic (exact) mass is 191 g/mol. The van der Waals surface area contributed by atoms with E-state index in [0.717, 1.165) is 10.5 Å². The lowest BCUT2D eigenvalue weighted by Crippen LogP contribution is -1.82. The van der Waals surface area contributed by atoms with Crippen molar-refractivity contribution in [1.29, 1.82) is 0 Å². The van der Waals surface area contributed by atoms with Crippen LogP contribution in [0.5, 0.6) is 0 Å². The molecule has 1 aromatic heterocycles. The molecule has 65 valence electrons. The Morgan fingerprint density at radius 2 is 2.23 bits per heavy atom. The van der Waals surface area contributed by atoms with Crippen LogP contribution in [0.1, 0.15) is 0 Å². The van der Waals surface area contributed by atoms with Crippen molar-refractivity contribution in [3.63, 3.8) is 0 Å². The summed E-state index contributed by atoms with van der Waals surface area (Å²) in [5.41, 5.74) is 0.986. The van der Waals surface area contributed by atoms with Gasteiger partial charge in [0.15, 0.2) is 0 Å². The summed E-state index contributed by atoms with van der Waals surface area (Å²) in [6, 6.07) is 7.92. The number of hydrogen-bond donors (Lipinski definition) is 0. The van der Waals surface area contributed by atoms with E-state index in [2.05, 4.69) is 21.1 Å². The molecule has 0 amide bonds. The molecule has 0 bridgehead atoms. The zero-order valence-corrected chi connectivity index (χ0v) is 7.84. The fourth-order valence-corrected chi connectivity index (χ4v) is 1.68. The third kappa shape index (κ3) is 1.58. The van der Waals surface area contributed by atoms with E-state index in [9.17, 15) is 0 Å². The summed E-state index contributed by atoms with van der Waals surface area (Å²) < 4.78 is 4.57. The largest absolute Gasteiger partial charge is 0.328 e. The lowest BCUT2D eigenvalue weighted by Gasteiger charge is -2.00. The van der Waals surface area contributed by atoms with Gasteiger partial charge in [-0.1, -0.05) is 17.3 Å². The zero-order valence-electron chi connectivity index (χ0n) is 7.02. The van der Waals surface area contributed by atoms with E-state index in [-0.39, 0.29) is 0 Å². The highest BCUT2D eigenvalue weighted by Crippen LogP contribution is 2.26. The highest BCUT2D eigenvalue weighted by molar-refractivity contribution is 7.98. The highest BCUT2D eigenvalue weighted by Gasteiger charge is 2.07. The fraction of sp³-hybridized carbons (Fsp3) is 0.111. The predicted molar refractivity (Wildman–Crippen MR) is 50.4 cm³/mol. The van der Waals surface area contributed by atoms with Crippen molar-refractivity contribution in [2.24, 2.45) is 0 Å². The molecule has 0 N–H and O–H groups in total. The summed E-state index contributed by atoms with van der Waals surface area (Å²) in [5.74, 6) is 0.588. The zero-order chi connectivity index (χ0) is 9.10. The van der Waals surface area contributed by atoms with Crippen molar-refractivity contribution < 1.29 is 4.52 Å². The number of benzene rings is 1. The normalized spacial score (nSPS) is 10.2. The molecule has 0 saturated heterocycles. The van der Waals surface area contributed by atoms with E-state index in [1.165, 1.54) is 0 Å².